The molecule has 2 bridgehead atoms. The molecule has 3 aliphatic heterocycles. The van der Waals surface area contributed by atoms with Crippen LogP contribution in [-0.4, -0.2) is 65.3 Å². The van der Waals surface area contributed by atoms with E-state index in [0.29, 0.717) is 25.0 Å². The van der Waals surface area contributed by atoms with Gasteiger partial charge in [-0.2, -0.15) is 0 Å². The zero-order valence-corrected chi connectivity index (χ0v) is 25.2. The van der Waals surface area contributed by atoms with Gasteiger partial charge in [0.2, 0.25) is 23.6 Å². The SMILES string of the molecule is CC[C@H](C)[C@H](N)C(=O)N[C@@H](C(=O)N1CC[C@H]2Oc3ccc(cc3)C=CNC(=O)[C@H]([C@@H](C)CC)NC(=O)[C@H]21)[C@@H](C)CC. The molecule has 8 atom stereocenters. The second-order valence-corrected chi connectivity index (χ2v) is 11.5. The van der Waals surface area contributed by atoms with Crippen LogP contribution in [0.5, 0.6) is 5.75 Å². The van der Waals surface area contributed by atoms with Crippen LogP contribution in [0, 0.1) is 17.8 Å². The van der Waals surface area contributed by atoms with Crippen LogP contribution in [0.1, 0.15) is 72.8 Å². The standard InChI is InChI=1S/C31H47N5O5/c1-7-18(4)24(32)28(37)35-26(20(6)9-3)31(40)36-17-15-23-27(36)30(39)34-25(19(5)8-2)29(38)33-16-14-21-10-12-22(41-23)13-11-21/h10-14,16,18-20,23-27H,7-9,15,17,32H2,1-6H3,(H,33,38)(H,34,39)(H,35,37)/t18-,19-,20-,23+,24-,25-,26+,27-/m0/s1. The van der Waals surface area contributed by atoms with Crippen molar-refractivity contribution < 1.29 is 23.9 Å². The van der Waals surface area contributed by atoms with Crippen molar-refractivity contribution in [2.75, 3.05) is 6.54 Å². The second kappa shape index (κ2) is 14.5. The predicted octanol–water partition coefficient (Wildman–Crippen LogP) is 2.57. The molecule has 41 heavy (non-hydrogen) atoms. The molecule has 1 aromatic carbocycles. The molecule has 0 aromatic heterocycles. The minimum absolute atomic E-state index is 0.0533. The van der Waals surface area contributed by atoms with E-state index < -0.39 is 36.2 Å². The van der Waals surface area contributed by atoms with Crippen molar-refractivity contribution in [3.63, 3.8) is 0 Å². The zero-order chi connectivity index (χ0) is 30.3. The van der Waals surface area contributed by atoms with Crippen LogP contribution >= 0.6 is 0 Å². The number of fused-ring (bicyclic) bond motifs is 7. The number of amides is 4. The zero-order valence-electron chi connectivity index (χ0n) is 25.2. The minimum Gasteiger partial charge on any atom is -0.488 e. The van der Waals surface area contributed by atoms with Gasteiger partial charge in [0.05, 0.1) is 6.04 Å². The molecule has 4 amide bonds. The summed E-state index contributed by atoms with van der Waals surface area (Å²) in [4.78, 5) is 55.8. The molecule has 3 aliphatic rings. The highest BCUT2D eigenvalue weighted by molar-refractivity contribution is 5.96. The quantitative estimate of drug-likeness (QED) is 0.360. The molecule has 10 heteroatoms. The monoisotopic (exact) mass is 569 g/mol. The molecule has 0 spiro atoms. The topological polar surface area (TPSA) is 143 Å². The van der Waals surface area contributed by atoms with Crippen molar-refractivity contribution in [3.8, 4) is 5.75 Å². The van der Waals surface area contributed by atoms with Crippen LogP contribution in [0.4, 0.5) is 0 Å². The van der Waals surface area contributed by atoms with Crippen LogP contribution in [-0.2, 0) is 19.2 Å². The van der Waals surface area contributed by atoms with E-state index in [2.05, 4.69) is 16.0 Å². The maximum Gasteiger partial charge on any atom is 0.247 e. The highest BCUT2D eigenvalue weighted by atomic mass is 16.5. The van der Waals surface area contributed by atoms with E-state index in [1.54, 1.807) is 24.4 Å². The lowest BCUT2D eigenvalue weighted by Crippen LogP contribution is -2.61. The van der Waals surface area contributed by atoms with Gasteiger partial charge in [-0.15, -0.1) is 0 Å². The molecule has 226 valence electrons. The second-order valence-electron chi connectivity index (χ2n) is 11.5. The van der Waals surface area contributed by atoms with Gasteiger partial charge >= 0.3 is 0 Å². The molecule has 1 aromatic rings. The number of nitrogens with zero attached hydrogens (tertiary/aromatic N) is 1. The van der Waals surface area contributed by atoms with Gasteiger partial charge in [0.15, 0.2) is 0 Å². The first-order valence-corrected chi connectivity index (χ1v) is 14.9. The maximum atomic E-state index is 14.1. The van der Waals surface area contributed by atoms with E-state index in [4.69, 9.17) is 10.5 Å². The van der Waals surface area contributed by atoms with Crippen molar-refractivity contribution in [2.45, 2.75) is 97.5 Å². The molecule has 5 N–H and O–H groups in total. The number of carbonyl (C=O) groups is 4. The first kappa shape index (κ1) is 32.1. The minimum atomic E-state index is -0.994. The van der Waals surface area contributed by atoms with Gasteiger partial charge in [0.1, 0.15) is 30.0 Å². The molecule has 0 aliphatic carbocycles. The number of hydrogen-bond donors (Lipinski definition) is 4. The Morgan fingerprint density at radius 1 is 1.02 bits per heavy atom. The lowest BCUT2D eigenvalue weighted by atomic mass is 9.94. The van der Waals surface area contributed by atoms with Crippen molar-refractivity contribution in [1.82, 2.24) is 20.9 Å². The molecule has 10 nitrogen and oxygen atoms in total. The Balaban J connectivity index is 1.97. The molecule has 0 saturated carbocycles. The summed E-state index contributed by atoms with van der Waals surface area (Å²) < 4.78 is 6.28. The lowest BCUT2D eigenvalue weighted by Gasteiger charge is -2.34. The molecule has 1 saturated heterocycles. The Hall–Kier alpha value is -3.40. The van der Waals surface area contributed by atoms with E-state index in [0.717, 1.165) is 12.0 Å². The van der Waals surface area contributed by atoms with Crippen molar-refractivity contribution in [1.29, 1.82) is 0 Å². The Kier molecular flexibility index (Phi) is 11.3. The highest BCUT2D eigenvalue weighted by Gasteiger charge is 2.47. The number of hydrogen-bond acceptors (Lipinski definition) is 6. The molecule has 4 rings (SSSR count). The number of benzene rings is 1. The van der Waals surface area contributed by atoms with Crippen molar-refractivity contribution in [3.05, 3.63) is 36.0 Å². The number of likely N-dealkylation sites (tertiary alicyclic amines) is 1. The Morgan fingerprint density at radius 3 is 2.29 bits per heavy atom. The third kappa shape index (κ3) is 7.67. The third-order valence-corrected chi connectivity index (χ3v) is 8.69. The van der Waals surface area contributed by atoms with Gasteiger partial charge in [-0.05, 0) is 41.5 Å². The summed E-state index contributed by atoms with van der Waals surface area (Å²) in [6.07, 6.45) is 5.14. The number of nitrogens with one attached hydrogen (secondary N) is 3. The molecule has 1 fully saturated rings. The van der Waals surface area contributed by atoms with Gasteiger partial charge < -0.3 is 31.3 Å². The number of carbonyl (C=O) groups excluding carboxylic acids is 4. The Labute approximate surface area is 243 Å². The van der Waals surface area contributed by atoms with Gasteiger partial charge in [0, 0.05) is 19.2 Å². The van der Waals surface area contributed by atoms with E-state index in [9.17, 15) is 19.2 Å². The van der Waals surface area contributed by atoms with Crippen LogP contribution in [0.25, 0.3) is 6.08 Å². The third-order valence-electron chi connectivity index (χ3n) is 8.69. The Morgan fingerprint density at radius 2 is 1.68 bits per heavy atom. The fourth-order valence-electron chi connectivity index (χ4n) is 5.15. The summed E-state index contributed by atoms with van der Waals surface area (Å²) >= 11 is 0. The summed E-state index contributed by atoms with van der Waals surface area (Å²) in [5, 5.41) is 8.59. The number of rotatable bonds is 9. The van der Waals surface area contributed by atoms with Crippen LogP contribution in [0.15, 0.2) is 30.5 Å². The summed E-state index contributed by atoms with van der Waals surface area (Å²) in [5.74, 6) is -1.39. The summed E-state index contributed by atoms with van der Waals surface area (Å²) in [5.41, 5.74) is 7.06. The van der Waals surface area contributed by atoms with Gasteiger partial charge in [0.25, 0.3) is 0 Å². The number of nitrogens with two attached hydrogens (primary N) is 1. The van der Waals surface area contributed by atoms with Gasteiger partial charge in [-0.25, -0.2) is 0 Å². The smallest absolute Gasteiger partial charge is 0.247 e. The van der Waals surface area contributed by atoms with Crippen molar-refractivity contribution >= 4 is 29.7 Å². The average Bonchev–Trinajstić information content (AvgIpc) is 3.40. The molecule has 0 radical (unpaired) electrons. The Bertz CT molecular complexity index is 1110. The first-order valence-electron chi connectivity index (χ1n) is 14.9. The van der Waals surface area contributed by atoms with Crippen molar-refractivity contribution in [2.24, 2.45) is 23.5 Å². The van der Waals surface area contributed by atoms with E-state index in [1.165, 1.54) is 4.90 Å². The molecule has 0 unspecified atom stereocenters. The first-order chi connectivity index (χ1) is 19.5. The summed E-state index contributed by atoms with van der Waals surface area (Å²) in [6.45, 7) is 11.8. The summed E-state index contributed by atoms with van der Waals surface area (Å²) in [7, 11) is 0. The summed E-state index contributed by atoms with van der Waals surface area (Å²) in [6, 6.07) is 3.90. The highest BCUT2D eigenvalue weighted by Crippen LogP contribution is 2.27. The van der Waals surface area contributed by atoms with E-state index in [1.807, 2.05) is 53.7 Å². The normalized spacial score (nSPS) is 24.6. The van der Waals surface area contributed by atoms with Gasteiger partial charge in [-0.1, -0.05) is 72.9 Å². The van der Waals surface area contributed by atoms with Crippen LogP contribution < -0.4 is 26.4 Å². The molecular formula is C31H47N5O5. The fourth-order valence-corrected chi connectivity index (χ4v) is 5.15. The molecule has 3 heterocycles. The predicted molar refractivity (Wildman–Crippen MR) is 158 cm³/mol. The number of ether oxygens (including phenoxy) is 1. The van der Waals surface area contributed by atoms with Gasteiger partial charge in [-0.3, -0.25) is 19.2 Å². The van der Waals surface area contributed by atoms with Crippen LogP contribution in [0.2, 0.25) is 0 Å². The van der Waals surface area contributed by atoms with E-state index >= 15 is 0 Å². The molecular weight excluding hydrogens is 522 g/mol. The fraction of sp³-hybridized carbons (Fsp3) is 0.613. The van der Waals surface area contributed by atoms with Crippen LogP contribution in [0.3, 0.4) is 0 Å². The lowest BCUT2D eigenvalue weighted by molar-refractivity contribution is -0.145. The average molecular weight is 570 g/mol. The maximum absolute atomic E-state index is 14.1. The largest absolute Gasteiger partial charge is 0.488 e. The van der Waals surface area contributed by atoms with E-state index in [-0.39, 0.29) is 42.0 Å².